The van der Waals surface area contributed by atoms with Crippen molar-refractivity contribution in [2.75, 3.05) is 28.3 Å². The highest BCUT2D eigenvalue weighted by Gasteiger charge is 2.56. The van der Waals surface area contributed by atoms with Crippen molar-refractivity contribution in [3.05, 3.63) is 60.7 Å². The molecule has 140 valence electrons. The quantitative estimate of drug-likeness (QED) is 0.702. The summed E-state index contributed by atoms with van der Waals surface area (Å²) in [6.07, 6.45) is 0. The smallest absolute Gasteiger partial charge is 0.309 e. The van der Waals surface area contributed by atoms with E-state index in [9.17, 15) is 9.13 Å². The molecule has 0 spiro atoms. The molecule has 3 rings (SSSR count). The lowest BCUT2D eigenvalue weighted by Gasteiger charge is -2.46. The van der Waals surface area contributed by atoms with Gasteiger partial charge in [-0.2, -0.15) is 8.96 Å². The Bertz CT molecular complexity index is 893. The normalized spacial score (nSPS) is 29.2. The third-order valence-corrected chi connectivity index (χ3v) is 15.2. The topological polar surface area (TPSA) is 71.4 Å². The summed E-state index contributed by atoms with van der Waals surface area (Å²) in [7, 11) is -4.40. The fourth-order valence-corrected chi connectivity index (χ4v) is 14.9. The molecular formula is C16H22N3O4P3. The number of hydrogen-bond acceptors (Lipinski definition) is 4. The summed E-state index contributed by atoms with van der Waals surface area (Å²) in [4.78, 5) is 0. The first kappa shape index (κ1) is 19.7. The Balaban J connectivity index is 2.49. The lowest BCUT2D eigenvalue weighted by Crippen LogP contribution is -2.35. The van der Waals surface area contributed by atoms with Gasteiger partial charge in [0.1, 0.15) is 7.21 Å². The lowest BCUT2D eigenvalue weighted by molar-refractivity contribution is 0.305. The van der Waals surface area contributed by atoms with Crippen LogP contribution in [0.2, 0.25) is 0 Å². The van der Waals surface area contributed by atoms with Crippen molar-refractivity contribution in [2.24, 2.45) is 4.52 Å². The minimum atomic E-state index is -3.74. The molecule has 2 aromatic carbocycles. The highest BCUT2D eigenvalue weighted by Crippen LogP contribution is 2.82. The number of nitrogens with zero attached hydrogens (tertiary/aromatic N) is 3. The van der Waals surface area contributed by atoms with E-state index in [0.29, 0.717) is 0 Å². The number of hydrogen-bond donors (Lipinski definition) is 0. The minimum absolute atomic E-state index is 0.830. The van der Waals surface area contributed by atoms with Crippen molar-refractivity contribution in [1.82, 2.24) is 8.88 Å². The molecule has 0 bridgehead atoms. The van der Waals surface area contributed by atoms with Crippen molar-refractivity contribution < 1.29 is 18.2 Å². The van der Waals surface area contributed by atoms with E-state index in [1.54, 1.807) is 11.5 Å². The zero-order chi connectivity index (χ0) is 19.0. The molecule has 0 N–H and O–H groups in total. The Labute approximate surface area is 154 Å². The van der Waals surface area contributed by atoms with Crippen LogP contribution < -0.4 is 10.6 Å². The van der Waals surface area contributed by atoms with Crippen LogP contribution in [0.3, 0.4) is 0 Å². The second-order valence-corrected chi connectivity index (χ2v) is 14.4. The molecule has 0 saturated heterocycles. The zero-order valence-electron chi connectivity index (χ0n) is 15.1. The maximum Gasteiger partial charge on any atom is 0.398 e. The second kappa shape index (κ2) is 7.18. The Morgan fingerprint density at radius 2 is 1.23 bits per heavy atom. The summed E-state index contributed by atoms with van der Waals surface area (Å²) in [5, 5.41) is 1.66. The van der Waals surface area contributed by atoms with Gasteiger partial charge >= 0.3 is 15.3 Å². The van der Waals surface area contributed by atoms with Gasteiger partial charge in [-0.3, -0.25) is 4.57 Å². The summed E-state index contributed by atoms with van der Waals surface area (Å²) in [6.45, 7) is 0. The van der Waals surface area contributed by atoms with Gasteiger partial charge < -0.3 is 9.05 Å². The average molecular weight is 413 g/mol. The first-order valence-electron chi connectivity index (χ1n) is 7.91. The molecule has 0 fully saturated rings. The fourth-order valence-electron chi connectivity index (χ4n) is 3.02. The molecule has 0 saturated carbocycles. The van der Waals surface area contributed by atoms with E-state index in [2.05, 4.69) is 0 Å². The van der Waals surface area contributed by atoms with E-state index >= 15 is 0 Å². The summed E-state index contributed by atoms with van der Waals surface area (Å²) in [6, 6.07) is 19.0. The SMILES string of the molecule is COP1(=O)N=P(c2ccccc2)(c2ccccc2)N(C)P(=O)(OC)N1C. The van der Waals surface area contributed by atoms with Gasteiger partial charge in [0.25, 0.3) is 0 Å². The van der Waals surface area contributed by atoms with Gasteiger partial charge in [0, 0.05) is 38.9 Å². The van der Waals surface area contributed by atoms with Crippen molar-refractivity contribution in [3.8, 4) is 0 Å². The van der Waals surface area contributed by atoms with Gasteiger partial charge in [-0.25, -0.2) is 4.57 Å². The van der Waals surface area contributed by atoms with E-state index in [-0.39, 0.29) is 0 Å². The lowest BCUT2D eigenvalue weighted by atomic mass is 10.4. The molecule has 0 amide bonds. The summed E-state index contributed by atoms with van der Waals surface area (Å²) in [5.41, 5.74) is 0. The van der Waals surface area contributed by atoms with Gasteiger partial charge in [0.2, 0.25) is 0 Å². The minimum Gasteiger partial charge on any atom is -0.309 e. The molecule has 2 aromatic rings. The van der Waals surface area contributed by atoms with Crippen molar-refractivity contribution in [3.63, 3.8) is 0 Å². The van der Waals surface area contributed by atoms with Gasteiger partial charge in [-0.1, -0.05) is 60.7 Å². The summed E-state index contributed by atoms with van der Waals surface area (Å²) >= 11 is 0. The number of benzene rings is 2. The maximum atomic E-state index is 13.7. The summed E-state index contributed by atoms with van der Waals surface area (Å²) in [5.74, 6) is 0. The van der Waals surface area contributed by atoms with Crippen LogP contribution in [0.15, 0.2) is 65.2 Å². The molecule has 0 aromatic heterocycles. The molecule has 26 heavy (non-hydrogen) atoms. The van der Waals surface area contributed by atoms with Crippen LogP contribution in [-0.2, 0) is 18.2 Å². The Kier molecular flexibility index (Phi) is 5.45. The van der Waals surface area contributed by atoms with E-state index in [0.717, 1.165) is 15.1 Å². The third-order valence-electron chi connectivity index (χ3n) is 4.47. The van der Waals surface area contributed by atoms with E-state index < -0.39 is 22.5 Å². The van der Waals surface area contributed by atoms with Crippen LogP contribution in [0, 0.1) is 0 Å². The highest BCUT2D eigenvalue weighted by molar-refractivity contribution is 7.92. The molecule has 0 radical (unpaired) electrons. The highest BCUT2D eigenvalue weighted by atomic mass is 31.3. The molecule has 0 aliphatic carbocycles. The number of rotatable bonds is 4. The second-order valence-electron chi connectivity index (χ2n) is 5.69. The van der Waals surface area contributed by atoms with Crippen LogP contribution in [0.4, 0.5) is 0 Å². The Morgan fingerprint density at radius 3 is 1.62 bits per heavy atom. The maximum absolute atomic E-state index is 13.7. The predicted octanol–water partition coefficient (Wildman–Crippen LogP) is 4.14. The average Bonchev–Trinajstić information content (AvgIpc) is 2.70. The molecule has 1 heterocycles. The van der Waals surface area contributed by atoms with Crippen LogP contribution in [0.25, 0.3) is 0 Å². The molecule has 1 aliphatic rings. The first-order chi connectivity index (χ1) is 12.3. The summed E-state index contributed by atoms with van der Waals surface area (Å²) < 4.78 is 45.5. The van der Waals surface area contributed by atoms with Gasteiger partial charge in [0.15, 0.2) is 0 Å². The van der Waals surface area contributed by atoms with Crippen LogP contribution in [0.1, 0.15) is 0 Å². The van der Waals surface area contributed by atoms with E-state index in [1.807, 2.05) is 60.7 Å². The molecule has 1 aliphatic heterocycles. The Morgan fingerprint density at radius 1 is 0.769 bits per heavy atom. The van der Waals surface area contributed by atoms with E-state index in [4.69, 9.17) is 13.6 Å². The van der Waals surface area contributed by atoms with Crippen molar-refractivity contribution in [1.29, 1.82) is 0 Å². The molecule has 10 heteroatoms. The van der Waals surface area contributed by atoms with Crippen molar-refractivity contribution >= 4 is 33.2 Å². The van der Waals surface area contributed by atoms with Crippen molar-refractivity contribution in [2.45, 2.75) is 0 Å². The van der Waals surface area contributed by atoms with Crippen LogP contribution >= 0.6 is 22.5 Å². The molecule has 7 nitrogen and oxygen atoms in total. The first-order valence-corrected chi connectivity index (χ1v) is 12.7. The molecule has 2 atom stereocenters. The Hall–Kier alpha value is -1.03. The zero-order valence-corrected chi connectivity index (χ0v) is 17.8. The third kappa shape index (κ3) is 2.80. The van der Waals surface area contributed by atoms with Gasteiger partial charge in [-0.15, -0.1) is 4.44 Å². The van der Waals surface area contributed by atoms with Gasteiger partial charge in [0.05, 0.1) is 0 Å². The monoisotopic (exact) mass is 413 g/mol. The fraction of sp³-hybridized carbons (Fsp3) is 0.250. The standard InChI is InChI=1S/C16H22N3O4P3/c1-18-24(15-11-7-5-8-12-15,16-13-9-6-10-14-16)17-25(20,22-3)19(2)26(18,21)23-4/h5-14H,1-4H3. The molecular weight excluding hydrogens is 391 g/mol. The predicted molar refractivity (Wildman–Crippen MR) is 106 cm³/mol. The van der Waals surface area contributed by atoms with Gasteiger partial charge in [-0.05, 0) is 0 Å². The van der Waals surface area contributed by atoms with E-state index in [1.165, 1.54) is 21.3 Å². The molecule has 2 unspecified atom stereocenters. The largest absolute Gasteiger partial charge is 0.398 e. The van der Waals surface area contributed by atoms with Crippen LogP contribution in [-0.4, -0.2) is 37.2 Å². The van der Waals surface area contributed by atoms with Crippen LogP contribution in [0.5, 0.6) is 0 Å².